The first-order chi connectivity index (χ1) is 7.49. The maximum atomic E-state index is 5.29. The Balaban J connectivity index is 2.65. The average molecular weight is 227 g/mol. The molecule has 16 heavy (non-hydrogen) atoms. The van der Waals surface area contributed by atoms with Crippen LogP contribution in [-0.4, -0.2) is 29.8 Å². The lowest BCUT2D eigenvalue weighted by Crippen LogP contribution is -2.27. The summed E-state index contributed by atoms with van der Waals surface area (Å²) in [5.41, 5.74) is -0.497. The number of nitrogens with zero attached hydrogens (tertiary/aromatic N) is 2. The van der Waals surface area contributed by atoms with Gasteiger partial charge in [-0.25, -0.2) is 0 Å². The predicted octanol–water partition coefficient (Wildman–Crippen LogP) is 1.49. The van der Waals surface area contributed by atoms with E-state index in [1.807, 2.05) is 13.8 Å². The van der Waals surface area contributed by atoms with Gasteiger partial charge in [0.25, 0.3) is 0 Å². The second-order valence-electron chi connectivity index (χ2n) is 4.39. The van der Waals surface area contributed by atoms with Gasteiger partial charge in [-0.05, 0) is 27.3 Å². The van der Waals surface area contributed by atoms with Gasteiger partial charge in [-0.15, -0.1) is 0 Å². The van der Waals surface area contributed by atoms with E-state index in [9.17, 15) is 0 Å². The molecule has 0 radical (unpaired) electrons. The van der Waals surface area contributed by atoms with Crippen molar-refractivity contribution in [3.05, 3.63) is 11.7 Å². The van der Waals surface area contributed by atoms with Crippen molar-refractivity contribution in [1.82, 2.24) is 15.5 Å². The second kappa shape index (κ2) is 5.41. The van der Waals surface area contributed by atoms with Gasteiger partial charge in [0.15, 0.2) is 0 Å². The molecule has 0 aliphatic heterocycles. The molecule has 0 aliphatic carbocycles. The van der Waals surface area contributed by atoms with Gasteiger partial charge in [-0.2, -0.15) is 4.98 Å². The third kappa shape index (κ3) is 3.28. The Morgan fingerprint density at radius 2 is 2.19 bits per heavy atom. The van der Waals surface area contributed by atoms with E-state index in [4.69, 9.17) is 9.26 Å². The molecule has 1 rings (SSSR count). The number of rotatable bonds is 6. The molecule has 0 aromatic carbocycles. The molecule has 1 aromatic rings. The summed E-state index contributed by atoms with van der Waals surface area (Å²) < 4.78 is 10.5. The molecule has 0 fully saturated rings. The molecule has 0 aliphatic rings. The molecule has 1 unspecified atom stereocenters. The van der Waals surface area contributed by atoms with Crippen LogP contribution < -0.4 is 5.32 Å². The molecule has 0 bridgehead atoms. The Hall–Kier alpha value is -0.940. The van der Waals surface area contributed by atoms with Gasteiger partial charge in [0.1, 0.15) is 5.60 Å². The minimum atomic E-state index is -0.497. The van der Waals surface area contributed by atoms with Crippen molar-refractivity contribution >= 4 is 0 Å². The highest BCUT2D eigenvalue weighted by Gasteiger charge is 2.26. The van der Waals surface area contributed by atoms with Crippen LogP contribution in [0.2, 0.25) is 0 Å². The largest absolute Gasteiger partial charge is 0.371 e. The van der Waals surface area contributed by atoms with Crippen molar-refractivity contribution in [1.29, 1.82) is 0 Å². The second-order valence-corrected chi connectivity index (χ2v) is 4.39. The summed E-state index contributed by atoms with van der Waals surface area (Å²) >= 11 is 0. The monoisotopic (exact) mass is 227 g/mol. The third-order valence-electron chi connectivity index (χ3n) is 2.55. The lowest BCUT2D eigenvalue weighted by Gasteiger charge is -2.17. The summed E-state index contributed by atoms with van der Waals surface area (Å²) in [4.78, 5) is 4.33. The lowest BCUT2D eigenvalue weighted by atomic mass is 10.1. The SMILES string of the molecule is CCNC(C)Cc1nc(C(C)(C)OC)no1. The normalized spacial score (nSPS) is 14.1. The first-order valence-corrected chi connectivity index (χ1v) is 5.61. The van der Waals surface area contributed by atoms with E-state index in [-0.39, 0.29) is 0 Å². The van der Waals surface area contributed by atoms with Crippen molar-refractivity contribution in [2.75, 3.05) is 13.7 Å². The highest BCUT2D eigenvalue weighted by Crippen LogP contribution is 2.20. The molecule has 1 aromatic heterocycles. The summed E-state index contributed by atoms with van der Waals surface area (Å²) in [5.74, 6) is 1.24. The average Bonchev–Trinajstić information content (AvgIpc) is 2.67. The molecule has 0 saturated heterocycles. The van der Waals surface area contributed by atoms with E-state index in [0.29, 0.717) is 17.8 Å². The van der Waals surface area contributed by atoms with Crippen molar-refractivity contribution in [2.45, 2.75) is 45.8 Å². The van der Waals surface area contributed by atoms with Gasteiger partial charge in [0.05, 0.1) is 0 Å². The minimum absolute atomic E-state index is 0.337. The standard InChI is InChI=1S/C11H21N3O2/c1-6-12-8(2)7-9-13-10(14-16-9)11(3,4)15-5/h8,12H,6-7H2,1-5H3. The molecular formula is C11H21N3O2. The number of hydrogen-bond acceptors (Lipinski definition) is 5. The summed E-state index contributed by atoms with van der Waals surface area (Å²) in [5, 5.41) is 7.23. The number of hydrogen-bond donors (Lipinski definition) is 1. The maximum Gasteiger partial charge on any atom is 0.228 e. The molecule has 1 N–H and O–H groups in total. The Labute approximate surface area is 96.6 Å². The Bertz CT molecular complexity index is 323. The molecular weight excluding hydrogens is 206 g/mol. The van der Waals surface area contributed by atoms with Gasteiger partial charge >= 0.3 is 0 Å². The van der Waals surface area contributed by atoms with Crippen LogP contribution in [0.15, 0.2) is 4.52 Å². The minimum Gasteiger partial charge on any atom is -0.371 e. The Kier molecular flexibility index (Phi) is 4.44. The number of likely N-dealkylation sites (N-methyl/N-ethyl adjacent to an activating group) is 1. The molecule has 1 atom stereocenters. The first kappa shape index (κ1) is 13.1. The van der Waals surface area contributed by atoms with Crippen LogP contribution in [-0.2, 0) is 16.8 Å². The highest BCUT2D eigenvalue weighted by atomic mass is 16.5. The zero-order chi connectivity index (χ0) is 12.2. The van der Waals surface area contributed by atoms with E-state index in [0.717, 1.165) is 13.0 Å². The molecule has 0 amide bonds. The fourth-order valence-corrected chi connectivity index (χ4v) is 1.36. The summed E-state index contributed by atoms with van der Waals surface area (Å²) in [6, 6.07) is 0.337. The zero-order valence-electron chi connectivity index (χ0n) is 10.7. The summed E-state index contributed by atoms with van der Waals surface area (Å²) in [6.07, 6.45) is 0.737. The van der Waals surface area contributed by atoms with E-state index in [1.54, 1.807) is 7.11 Å². The highest BCUT2D eigenvalue weighted by molar-refractivity contribution is 4.98. The van der Waals surface area contributed by atoms with Gasteiger partial charge in [0.2, 0.25) is 11.7 Å². The predicted molar refractivity (Wildman–Crippen MR) is 61.2 cm³/mol. The van der Waals surface area contributed by atoms with Crippen molar-refractivity contribution in [3.63, 3.8) is 0 Å². The molecule has 0 saturated carbocycles. The fraction of sp³-hybridized carbons (Fsp3) is 0.818. The number of ether oxygens (including phenoxy) is 1. The van der Waals surface area contributed by atoms with Crippen LogP contribution in [0.3, 0.4) is 0 Å². The molecule has 5 heteroatoms. The van der Waals surface area contributed by atoms with Gasteiger partial charge in [-0.1, -0.05) is 12.1 Å². The number of aromatic nitrogens is 2. The molecule has 0 spiro atoms. The molecule has 1 heterocycles. The summed E-state index contributed by atoms with van der Waals surface area (Å²) in [6.45, 7) is 8.93. The smallest absolute Gasteiger partial charge is 0.228 e. The molecule has 92 valence electrons. The van der Waals surface area contributed by atoms with Gasteiger partial charge < -0.3 is 14.6 Å². The van der Waals surface area contributed by atoms with Crippen LogP contribution in [0.1, 0.15) is 39.4 Å². The van der Waals surface area contributed by atoms with Gasteiger partial charge in [0, 0.05) is 19.6 Å². The van der Waals surface area contributed by atoms with E-state index in [2.05, 4.69) is 29.3 Å². The first-order valence-electron chi connectivity index (χ1n) is 5.61. The van der Waals surface area contributed by atoms with Crippen LogP contribution in [0.4, 0.5) is 0 Å². The van der Waals surface area contributed by atoms with Crippen LogP contribution in [0.5, 0.6) is 0 Å². The Morgan fingerprint density at radius 1 is 1.50 bits per heavy atom. The summed E-state index contributed by atoms with van der Waals surface area (Å²) in [7, 11) is 1.64. The third-order valence-corrected chi connectivity index (χ3v) is 2.55. The van der Waals surface area contributed by atoms with Crippen molar-refractivity contribution in [3.8, 4) is 0 Å². The Morgan fingerprint density at radius 3 is 2.75 bits per heavy atom. The zero-order valence-corrected chi connectivity index (χ0v) is 10.7. The number of nitrogens with one attached hydrogen (secondary N) is 1. The molecule has 5 nitrogen and oxygen atoms in total. The van der Waals surface area contributed by atoms with E-state index < -0.39 is 5.60 Å². The number of methoxy groups -OCH3 is 1. The van der Waals surface area contributed by atoms with Crippen molar-refractivity contribution in [2.24, 2.45) is 0 Å². The van der Waals surface area contributed by atoms with E-state index in [1.165, 1.54) is 0 Å². The fourth-order valence-electron chi connectivity index (χ4n) is 1.36. The maximum absolute atomic E-state index is 5.29. The van der Waals surface area contributed by atoms with Crippen LogP contribution >= 0.6 is 0 Å². The topological polar surface area (TPSA) is 60.2 Å². The van der Waals surface area contributed by atoms with Crippen molar-refractivity contribution < 1.29 is 9.26 Å². The van der Waals surface area contributed by atoms with E-state index >= 15 is 0 Å². The quantitative estimate of drug-likeness (QED) is 0.798. The van der Waals surface area contributed by atoms with Crippen LogP contribution in [0, 0.1) is 0 Å². The van der Waals surface area contributed by atoms with Gasteiger partial charge in [-0.3, -0.25) is 0 Å². The van der Waals surface area contributed by atoms with Crippen LogP contribution in [0.25, 0.3) is 0 Å². The lowest BCUT2D eigenvalue weighted by molar-refractivity contribution is 0.00973.